The lowest BCUT2D eigenvalue weighted by atomic mass is 10.2. The Bertz CT molecular complexity index is 694. The lowest BCUT2D eigenvalue weighted by molar-refractivity contribution is -0.129. The minimum Gasteiger partial charge on any atom is -0.368 e. The van der Waals surface area contributed by atoms with Gasteiger partial charge in [0.1, 0.15) is 5.69 Å². The largest absolute Gasteiger partial charge is 0.368 e. The van der Waals surface area contributed by atoms with Crippen LogP contribution in [0.25, 0.3) is 0 Å². The van der Waals surface area contributed by atoms with E-state index in [1.807, 2.05) is 29.2 Å². The van der Waals surface area contributed by atoms with Gasteiger partial charge in [0, 0.05) is 49.9 Å². The predicted octanol–water partition coefficient (Wildman–Crippen LogP) is 2.06. The fourth-order valence-electron chi connectivity index (χ4n) is 2.58. The van der Waals surface area contributed by atoms with Crippen molar-refractivity contribution in [2.75, 3.05) is 36.4 Å². The summed E-state index contributed by atoms with van der Waals surface area (Å²) in [4.78, 5) is 31.5. The molecule has 0 atom stereocenters. The first-order valence-corrected chi connectivity index (χ1v) is 8.38. The molecule has 0 bridgehead atoms. The quantitative estimate of drug-likeness (QED) is 0.935. The molecule has 1 N–H and O–H groups in total. The van der Waals surface area contributed by atoms with Crippen molar-refractivity contribution in [3.05, 3.63) is 40.8 Å². The number of carbonyl (C=O) groups is 2. The molecule has 2 aromatic rings. The van der Waals surface area contributed by atoms with Crippen LogP contribution in [0.4, 0.5) is 11.4 Å². The fraction of sp³-hybridized carbons (Fsp3) is 0.312. The highest BCUT2D eigenvalue weighted by atomic mass is 32.1. The molecule has 0 radical (unpaired) electrons. The first-order valence-electron chi connectivity index (χ1n) is 7.43. The van der Waals surface area contributed by atoms with Crippen LogP contribution >= 0.6 is 11.3 Å². The minimum atomic E-state index is -0.204. The second kappa shape index (κ2) is 6.78. The summed E-state index contributed by atoms with van der Waals surface area (Å²) in [5.41, 5.74) is 3.86. The molecule has 6 nitrogen and oxygen atoms in total. The van der Waals surface area contributed by atoms with E-state index < -0.39 is 0 Å². The zero-order chi connectivity index (χ0) is 16.2. The van der Waals surface area contributed by atoms with Gasteiger partial charge in [-0.1, -0.05) is 6.07 Å². The van der Waals surface area contributed by atoms with E-state index in [1.165, 1.54) is 11.3 Å². The van der Waals surface area contributed by atoms with E-state index in [4.69, 9.17) is 0 Å². The summed E-state index contributed by atoms with van der Waals surface area (Å²) in [5.74, 6) is -0.0845. The van der Waals surface area contributed by atoms with Crippen molar-refractivity contribution in [1.29, 1.82) is 0 Å². The molecule has 0 aliphatic carbocycles. The molecule has 7 heteroatoms. The maximum atomic E-state index is 12.1. The van der Waals surface area contributed by atoms with Crippen molar-refractivity contribution in [2.24, 2.45) is 0 Å². The number of hydrogen-bond donors (Lipinski definition) is 1. The van der Waals surface area contributed by atoms with Crippen molar-refractivity contribution in [3.8, 4) is 0 Å². The van der Waals surface area contributed by atoms with Crippen LogP contribution in [0.2, 0.25) is 0 Å². The highest BCUT2D eigenvalue weighted by Crippen LogP contribution is 2.21. The normalized spacial score (nSPS) is 14.7. The zero-order valence-electron chi connectivity index (χ0n) is 12.9. The van der Waals surface area contributed by atoms with Crippen molar-refractivity contribution < 1.29 is 9.59 Å². The van der Waals surface area contributed by atoms with E-state index in [0.29, 0.717) is 5.69 Å². The molecule has 23 heavy (non-hydrogen) atoms. The number of anilines is 2. The van der Waals surface area contributed by atoms with Crippen molar-refractivity contribution in [3.63, 3.8) is 0 Å². The van der Waals surface area contributed by atoms with Gasteiger partial charge in [0.2, 0.25) is 5.91 Å². The van der Waals surface area contributed by atoms with Gasteiger partial charge in [0.15, 0.2) is 0 Å². The molecule has 1 aliphatic heterocycles. The number of nitrogens with zero attached hydrogens (tertiary/aromatic N) is 3. The van der Waals surface area contributed by atoms with Crippen LogP contribution in [-0.4, -0.2) is 47.9 Å². The van der Waals surface area contributed by atoms with Gasteiger partial charge in [-0.05, 0) is 18.2 Å². The lowest BCUT2D eigenvalue weighted by Crippen LogP contribution is -2.48. The number of rotatable bonds is 3. The number of nitrogens with one attached hydrogen (secondary N) is 1. The Morgan fingerprint density at radius 3 is 2.65 bits per heavy atom. The number of thiazole rings is 1. The molecule has 0 spiro atoms. The molecule has 1 aromatic heterocycles. The zero-order valence-corrected chi connectivity index (χ0v) is 13.7. The Labute approximate surface area is 138 Å². The van der Waals surface area contributed by atoms with Crippen LogP contribution in [0.15, 0.2) is 35.2 Å². The number of benzene rings is 1. The molecule has 3 rings (SSSR count). The van der Waals surface area contributed by atoms with Crippen LogP contribution in [-0.2, 0) is 4.79 Å². The van der Waals surface area contributed by atoms with Crippen molar-refractivity contribution >= 4 is 34.5 Å². The van der Waals surface area contributed by atoms with Crippen LogP contribution in [0.5, 0.6) is 0 Å². The van der Waals surface area contributed by atoms with E-state index in [2.05, 4.69) is 15.2 Å². The van der Waals surface area contributed by atoms with Gasteiger partial charge in [0.25, 0.3) is 5.91 Å². The molecular formula is C16H18N4O2S. The minimum absolute atomic E-state index is 0.119. The van der Waals surface area contributed by atoms with Crippen molar-refractivity contribution in [2.45, 2.75) is 6.92 Å². The van der Waals surface area contributed by atoms with E-state index in [9.17, 15) is 9.59 Å². The highest BCUT2D eigenvalue weighted by Gasteiger charge is 2.19. The molecule has 1 fully saturated rings. The fourth-order valence-corrected chi connectivity index (χ4v) is 3.11. The molecule has 2 heterocycles. The molecule has 1 aliphatic rings. The molecule has 2 amide bonds. The third-order valence-corrected chi connectivity index (χ3v) is 4.45. The summed E-state index contributed by atoms with van der Waals surface area (Å²) >= 11 is 1.39. The standard InChI is InChI=1S/C16H18N4O2S/c1-12(21)19-5-7-20(8-6-19)14-4-2-3-13(9-14)18-16(22)15-10-23-11-17-15/h2-4,9-11H,5-8H2,1H3,(H,18,22). The molecule has 120 valence electrons. The Morgan fingerprint density at radius 2 is 2.00 bits per heavy atom. The van der Waals surface area contributed by atoms with Gasteiger partial charge in [-0.3, -0.25) is 9.59 Å². The number of aromatic nitrogens is 1. The summed E-state index contributed by atoms with van der Waals surface area (Å²) in [5, 5.41) is 4.59. The highest BCUT2D eigenvalue weighted by molar-refractivity contribution is 7.07. The lowest BCUT2D eigenvalue weighted by Gasteiger charge is -2.35. The van der Waals surface area contributed by atoms with Gasteiger partial charge in [0.05, 0.1) is 5.51 Å². The summed E-state index contributed by atoms with van der Waals surface area (Å²) in [6.45, 7) is 4.64. The summed E-state index contributed by atoms with van der Waals surface area (Å²) in [6, 6.07) is 7.75. The first kappa shape index (κ1) is 15.5. The third-order valence-electron chi connectivity index (χ3n) is 3.86. The average Bonchev–Trinajstić information content (AvgIpc) is 3.10. The predicted molar refractivity (Wildman–Crippen MR) is 91.0 cm³/mol. The van der Waals surface area contributed by atoms with E-state index >= 15 is 0 Å². The van der Waals surface area contributed by atoms with E-state index in [-0.39, 0.29) is 11.8 Å². The molecular weight excluding hydrogens is 312 g/mol. The summed E-state index contributed by atoms with van der Waals surface area (Å²) < 4.78 is 0. The van der Waals surface area contributed by atoms with Gasteiger partial charge < -0.3 is 15.1 Å². The summed E-state index contributed by atoms with van der Waals surface area (Å²) in [7, 11) is 0. The van der Waals surface area contributed by atoms with Gasteiger partial charge in [-0.25, -0.2) is 4.98 Å². The number of piperazine rings is 1. The smallest absolute Gasteiger partial charge is 0.275 e. The van der Waals surface area contributed by atoms with Gasteiger partial charge in [-0.15, -0.1) is 11.3 Å². The number of carbonyl (C=O) groups excluding carboxylic acids is 2. The van der Waals surface area contributed by atoms with E-state index in [0.717, 1.165) is 37.6 Å². The van der Waals surface area contributed by atoms with Gasteiger partial charge in [-0.2, -0.15) is 0 Å². The monoisotopic (exact) mass is 330 g/mol. The number of hydrogen-bond acceptors (Lipinski definition) is 5. The van der Waals surface area contributed by atoms with Gasteiger partial charge >= 0.3 is 0 Å². The third kappa shape index (κ3) is 3.68. The number of amides is 2. The Balaban J connectivity index is 1.66. The Kier molecular flexibility index (Phi) is 4.57. The van der Waals surface area contributed by atoms with Crippen LogP contribution in [0, 0.1) is 0 Å². The second-order valence-corrected chi connectivity index (χ2v) is 6.09. The topological polar surface area (TPSA) is 65.5 Å². The Hall–Kier alpha value is -2.41. The van der Waals surface area contributed by atoms with Crippen LogP contribution in [0.3, 0.4) is 0 Å². The first-order chi connectivity index (χ1) is 11.1. The average molecular weight is 330 g/mol. The maximum Gasteiger partial charge on any atom is 0.275 e. The van der Waals surface area contributed by atoms with E-state index in [1.54, 1.807) is 17.8 Å². The summed E-state index contributed by atoms with van der Waals surface area (Å²) in [6.07, 6.45) is 0. The van der Waals surface area contributed by atoms with Crippen LogP contribution in [0.1, 0.15) is 17.4 Å². The Morgan fingerprint density at radius 1 is 1.22 bits per heavy atom. The molecule has 1 saturated heterocycles. The molecule has 1 aromatic carbocycles. The maximum absolute atomic E-state index is 12.1. The van der Waals surface area contributed by atoms with Crippen molar-refractivity contribution in [1.82, 2.24) is 9.88 Å². The molecule has 0 unspecified atom stereocenters. The second-order valence-electron chi connectivity index (χ2n) is 5.37. The molecule has 0 saturated carbocycles. The SMILES string of the molecule is CC(=O)N1CCN(c2cccc(NC(=O)c3cscn3)c2)CC1. The van der Waals surface area contributed by atoms with Crippen LogP contribution < -0.4 is 10.2 Å².